The molecule has 6 N–H and O–H groups in total. The third kappa shape index (κ3) is 5.15. The maximum atomic E-state index is 11.4. The van der Waals surface area contributed by atoms with Gasteiger partial charge in [-0.05, 0) is 5.56 Å². The summed E-state index contributed by atoms with van der Waals surface area (Å²) in [7, 11) is 1.58. The molecule has 2 rings (SSSR count). The highest BCUT2D eigenvalue weighted by Gasteiger charge is 2.07. The number of rotatable bonds is 4. The van der Waals surface area contributed by atoms with Crippen LogP contribution in [0.3, 0.4) is 0 Å². The van der Waals surface area contributed by atoms with E-state index in [9.17, 15) is 4.79 Å². The second-order valence-corrected chi connectivity index (χ2v) is 4.68. The second-order valence-electron chi connectivity index (χ2n) is 4.68. The van der Waals surface area contributed by atoms with Crippen LogP contribution in [-0.4, -0.2) is 14.6 Å². The first kappa shape index (κ1) is 18.2. The number of aromatic nitrogens is 2. The van der Waals surface area contributed by atoms with Gasteiger partial charge in [-0.3, -0.25) is 0 Å². The highest BCUT2D eigenvalue weighted by atomic mass is 16.1. The molecule has 1 aromatic heterocycles. The van der Waals surface area contributed by atoms with Crippen molar-refractivity contribution in [3.63, 3.8) is 0 Å². The molecule has 0 saturated heterocycles. The summed E-state index contributed by atoms with van der Waals surface area (Å²) in [5, 5.41) is 1.45. The molecule has 1 aromatic carbocycles. The Labute approximate surface area is 136 Å². The number of nitrogen functional groups attached to an aromatic ring is 1. The fourth-order valence-corrected chi connectivity index (χ4v) is 1.87. The summed E-state index contributed by atoms with van der Waals surface area (Å²) in [6.07, 6.45) is 3.09. The van der Waals surface area contributed by atoms with Crippen molar-refractivity contribution in [3.05, 3.63) is 64.3 Å². The Morgan fingerprint density at radius 3 is 2.52 bits per heavy atom. The average Bonchev–Trinajstić information content (AvgIpc) is 2.53. The van der Waals surface area contributed by atoms with Crippen molar-refractivity contribution in [3.8, 4) is 0 Å². The van der Waals surface area contributed by atoms with Gasteiger partial charge in [-0.15, -0.1) is 0 Å². The molecule has 0 atom stereocenters. The third-order valence-corrected chi connectivity index (χ3v) is 2.94. The van der Waals surface area contributed by atoms with Gasteiger partial charge in [0.1, 0.15) is 5.82 Å². The molecule has 0 spiro atoms. The molecule has 0 aliphatic rings. The number of nitrogens with two attached hydrogens (primary N) is 3. The van der Waals surface area contributed by atoms with Crippen molar-refractivity contribution in [2.24, 2.45) is 18.6 Å². The normalized spacial score (nSPS) is 10.7. The topological polar surface area (TPSA) is 116 Å². The van der Waals surface area contributed by atoms with E-state index in [1.165, 1.54) is 15.8 Å². The highest BCUT2D eigenvalue weighted by Crippen LogP contribution is 2.13. The number of aryl methyl sites for hydroxylation is 1. The fourth-order valence-electron chi connectivity index (χ4n) is 1.87. The molecule has 1 heterocycles. The zero-order chi connectivity index (χ0) is 17.4. The van der Waals surface area contributed by atoms with Crippen molar-refractivity contribution in [1.82, 2.24) is 14.6 Å². The Morgan fingerprint density at radius 1 is 1.30 bits per heavy atom. The van der Waals surface area contributed by atoms with E-state index in [2.05, 4.69) is 4.98 Å². The van der Waals surface area contributed by atoms with E-state index < -0.39 is 5.69 Å². The van der Waals surface area contributed by atoms with Gasteiger partial charge in [-0.2, -0.15) is 4.98 Å². The van der Waals surface area contributed by atoms with Gasteiger partial charge in [0.05, 0.1) is 17.8 Å². The van der Waals surface area contributed by atoms with Gasteiger partial charge < -0.3 is 21.0 Å². The van der Waals surface area contributed by atoms with E-state index in [-0.39, 0.29) is 5.82 Å². The van der Waals surface area contributed by atoms with Crippen molar-refractivity contribution in [1.29, 1.82) is 0 Å². The van der Waals surface area contributed by atoms with Crippen LogP contribution in [0.2, 0.25) is 0 Å². The van der Waals surface area contributed by atoms with E-state index in [0.717, 1.165) is 5.56 Å². The monoisotopic (exact) mass is 316 g/mol. The molecule has 0 unspecified atom stereocenters. The summed E-state index contributed by atoms with van der Waals surface area (Å²) in [5.41, 5.74) is 13.1. The lowest BCUT2D eigenvalue weighted by atomic mass is 10.2. The van der Waals surface area contributed by atoms with E-state index in [1.807, 2.05) is 44.2 Å². The second kappa shape index (κ2) is 8.60. The molecule has 0 saturated carbocycles. The van der Waals surface area contributed by atoms with Crippen LogP contribution in [-0.2, 0) is 13.6 Å². The quantitative estimate of drug-likeness (QED) is 0.573. The molecule has 7 heteroatoms. The highest BCUT2D eigenvalue weighted by molar-refractivity contribution is 5.69. The third-order valence-electron chi connectivity index (χ3n) is 2.94. The lowest BCUT2D eigenvalue weighted by molar-refractivity contribution is 0.388. The Kier molecular flexibility index (Phi) is 6.82. The van der Waals surface area contributed by atoms with Gasteiger partial charge in [0.2, 0.25) is 0 Å². The van der Waals surface area contributed by atoms with Crippen molar-refractivity contribution < 1.29 is 0 Å². The molecular formula is C16H24N6O. The van der Waals surface area contributed by atoms with E-state index in [4.69, 9.17) is 17.3 Å². The van der Waals surface area contributed by atoms with Crippen LogP contribution in [0.1, 0.15) is 25.0 Å². The van der Waals surface area contributed by atoms with E-state index in [0.29, 0.717) is 17.8 Å². The Hall–Kier alpha value is -2.80. The lowest BCUT2D eigenvalue weighted by Gasteiger charge is -2.15. The van der Waals surface area contributed by atoms with Crippen LogP contribution in [0, 0.1) is 0 Å². The molecule has 0 aliphatic heterocycles. The van der Waals surface area contributed by atoms with Gasteiger partial charge in [-0.25, -0.2) is 10.6 Å². The first-order chi connectivity index (χ1) is 11.0. The molecule has 23 heavy (non-hydrogen) atoms. The zero-order valence-corrected chi connectivity index (χ0v) is 13.7. The summed E-state index contributed by atoms with van der Waals surface area (Å²) in [4.78, 5) is 15.0. The summed E-state index contributed by atoms with van der Waals surface area (Å²) in [6, 6.07) is 9.74. The standard InChI is InChI=1S/C14H18N6O.C2H6/c1-19-8-11(13(16)18-14(19)21)12(15)9-20(17)7-10-5-3-2-4-6-10;1-2/h2-6,8-9H,7,15,17H2,1H3,(H2,16,18,21);1-2H3/b12-9-;. The summed E-state index contributed by atoms with van der Waals surface area (Å²) < 4.78 is 1.31. The van der Waals surface area contributed by atoms with Crippen LogP contribution in [0.5, 0.6) is 0 Å². The van der Waals surface area contributed by atoms with Crippen molar-refractivity contribution in [2.75, 3.05) is 5.73 Å². The molecule has 0 aliphatic carbocycles. The predicted octanol–water partition coefficient (Wildman–Crippen LogP) is 1.02. The summed E-state index contributed by atoms with van der Waals surface area (Å²) >= 11 is 0. The maximum absolute atomic E-state index is 11.4. The molecule has 7 nitrogen and oxygen atoms in total. The predicted molar refractivity (Wildman–Crippen MR) is 93.6 cm³/mol. The summed E-state index contributed by atoms with van der Waals surface area (Å²) in [6.45, 7) is 4.50. The molecule has 0 amide bonds. The van der Waals surface area contributed by atoms with Crippen LogP contribution >= 0.6 is 0 Å². The van der Waals surface area contributed by atoms with Gasteiger partial charge >= 0.3 is 5.69 Å². The minimum atomic E-state index is -0.432. The first-order valence-corrected chi connectivity index (χ1v) is 7.33. The molecule has 0 bridgehead atoms. The number of hydrogen-bond acceptors (Lipinski definition) is 6. The Bertz CT molecular complexity index is 708. The fraction of sp³-hybridized carbons (Fsp3) is 0.250. The molecule has 0 radical (unpaired) electrons. The number of hydrogen-bond donors (Lipinski definition) is 3. The number of anilines is 1. The van der Waals surface area contributed by atoms with Gasteiger partial charge in [0.25, 0.3) is 0 Å². The minimum absolute atomic E-state index is 0.0833. The zero-order valence-electron chi connectivity index (χ0n) is 13.7. The number of nitrogens with zero attached hydrogens (tertiary/aromatic N) is 3. The van der Waals surface area contributed by atoms with Crippen LogP contribution in [0.25, 0.3) is 5.70 Å². The molecule has 124 valence electrons. The molecular weight excluding hydrogens is 292 g/mol. The van der Waals surface area contributed by atoms with E-state index >= 15 is 0 Å². The maximum Gasteiger partial charge on any atom is 0.349 e. The largest absolute Gasteiger partial charge is 0.397 e. The Balaban J connectivity index is 0.00000127. The van der Waals surface area contributed by atoms with Crippen molar-refractivity contribution >= 4 is 11.5 Å². The smallest absolute Gasteiger partial charge is 0.349 e. The number of hydrazine groups is 1. The average molecular weight is 316 g/mol. The molecule has 0 fully saturated rings. The van der Waals surface area contributed by atoms with Gasteiger partial charge in [-0.1, -0.05) is 44.2 Å². The Morgan fingerprint density at radius 2 is 1.91 bits per heavy atom. The van der Waals surface area contributed by atoms with Gasteiger partial charge in [0, 0.05) is 19.4 Å². The molecule has 2 aromatic rings. The first-order valence-electron chi connectivity index (χ1n) is 7.33. The lowest BCUT2D eigenvalue weighted by Crippen LogP contribution is -2.27. The minimum Gasteiger partial charge on any atom is -0.397 e. The summed E-state index contributed by atoms with van der Waals surface area (Å²) in [5.74, 6) is 5.99. The SMILES string of the molecule is CC.Cn1cc(/C(N)=C/N(N)Cc2ccccc2)c(N)nc1=O. The van der Waals surface area contributed by atoms with Crippen LogP contribution in [0.4, 0.5) is 5.82 Å². The van der Waals surface area contributed by atoms with Gasteiger partial charge in [0.15, 0.2) is 0 Å². The van der Waals surface area contributed by atoms with E-state index in [1.54, 1.807) is 13.2 Å². The number of benzene rings is 1. The van der Waals surface area contributed by atoms with Crippen molar-refractivity contribution in [2.45, 2.75) is 20.4 Å². The van der Waals surface area contributed by atoms with Crippen LogP contribution in [0.15, 0.2) is 47.5 Å². The van der Waals surface area contributed by atoms with Crippen LogP contribution < -0.4 is 23.0 Å².